The van der Waals surface area contributed by atoms with Gasteiger partial charge in [0.2, 0.25) is 10.0 Å². The number of phenols is 1. The normalized spacial score (nSPS) is 11.9. The second kappa shape index (κ2) is 6.53. The van der Waals surface area contributed by atoms with Crippen molar-refractivity contribution >= 4 is 16.0 Å². The summed E-state index contributed by atoms with van der Waals surface area (Å²) >= 11 is 0. The van der Waals surface area contributed by atoms with E-state index < -0.39 is 27.3 Å². The maximum Gasteiger partial charge on any atom is 0.339 e. The first-order valence-corrected chi connectivity index (χ1v) is 7.45. The predicted molar refractivity (Wildman–Crippen MR) is 74.4 cm³/mol. The summed E-state index contributed by atoms with van der Waals surface area (Å²) < 4.78 is 26.6. The van der Waals surface area contributed by atoms with Gasteiger partial charge in [0, 0.05) is 6.54 Å². The molecule has 0 aliphatic heterocycles. The third-order valence-corrected chi connectivity index (χ3v) is 4.26. The van der Waals surface area contributed by atoms with Crippen molar-refractivity contribution in [2.75, 3.05) is 6.54 Å². The number of allylic oxidation sites excluding steroid dienone is 1. The number of sulfonamides is 1. The third-order valence-electron chi connectivity index (χ3n) is 2.65. The largest absolute Gasteiger partial charge is 0.507 e. The molecule has 0 spiro atoms. The minimum atomic E-state index is -3.80. The average Bonchev–Trinajstić information content (AvgIpc) is 2.33. The van der Waals surface area contributed by atoms with E-state index in [0.29, 0.717) is 6.42 Å². The molecule has 0 aromatic heterocycles. The molecule has 0 radical (unpaired) electrons. The maximum absolute atomic E-state index is 12.1. The first-order chi connectivity index (χ1) is 9.29. The molecule has 7 heteroatoms. The Morgan fingerprint density at radius 1 is 1.40 bits per heavy atom. The molecule has 0 unspecified atom stereocenters. The molecule has 0 aliphatic carbocycles. The Balaban J connectivity index is 3.11. The predicted octanol–water partition coefficient (Wildman–Crippen LogP) is 1.64. The summed E-state index contributed by atoms with van der Waals surface area (Å²) in [7, 11) is -3.80. The van der Waals surface area contributed by atoms with Crippen LogP contribution in [-0.2, 0) is 10.0 Å². The van der Waals surface area contributed by atoms with E-state index in [-0.39, 0.29) is 17.0 Å². The number of aromatic hydroxyl groups is 1. The van der Waals surface area contributed by atoms with Gasteiger partial charge in [-0.1, -0.05) is 12.2 Å². The van der Waals surface area contributed by atoms with E-state index in [1.54, 1.807) is 0 Å². The third kappa shape index (κ3) is 3.82. The smallest absolute Gasteiger partial charge is 0.339 e. The van der Waals surface area contributed by atoms with Crippen LogP contribution in [0.5, 0.6) is 5.75 Å². The number of hydrogen-bond acceptors (Lipinski definition) is 4. The lowest BCUT2D eigenvalue weighted by atomic mass is 10.1. The molecule has 3 N–H and O–H groups in total. The van der Waals surface area contributed by atoms with E-state index >= 15 is 0 Å². The van der Waals surface area contributed by atoms with Crippen LogP contribution in [0.3, 0.4) is 0 Å². The number of nitrogens with one attached hydrogen (secondary N) is 1. The minimum absolute atomic E-state index is 0.145. The highest BCUT2D eigenvalue weighted by atomic mass is 32.2. The second-order valence-electron chi connectivity index (χ2n) is 4.20. The second-order valence-corrected chi connectivity index (χ2v) is 5.93. The number of carboxylic acids is 1. The molecule has 0 aliphatic rings. The van der Waals surface area contributed by atoms with Crippen LogP contribution < -0.4 is 4.72 Å². The monoisotopic (exact) mass is 299 g/mol. The SMILES string of the molecule is C/C=C/CCNS(=O)(=O)c1cc(C(=O)O)c(O)cc1C. The lowest BCUT2D eigenvalue weighted by Gasteiger charge is -2.10. The lowest BCUT2D eigenvalue weighted by Crippen LogP contribution is -2.25. The molecule has 0 saturated carbocycles. The van der Waals surface area contributed by atoms with Gasteiger partial charge in [0.05, 0.1) is 4.90 Å². The van der Waals surface area contributed by atoms with Gasteiger partial charge in [0.15, 0.2) is 0 Å². The highest BCUT2D eigenvalue weighted by molar-refractivity contribution is 7.89. The Morgan fingerprint density at radius 2 is 2.05 bits per heavy atom. The zero-order valence-electron chi connectivity index (χ0n) is 11.3. The number of hydrogen-bond donors (Lipinski definition) is 3. The van der Waals surface area contributed by atoms with Crippen LogP contribution in [0.4, 0.5) is 0 Å². The standard InChI is InChI=1S/C13H17NO5S/c1-3-4-5-6-14-20(18,19)12-8-10(13(16)17)11(15)7-9(12)2/h3-4,7-8,14-15H,5-6H2,1-2H3,(H,16,17)/b4-3+. The van der Waals surface area contributed by atoms with Gasteiger partial charge in [-0.25, -0.2) is 17.9 Å². The van der Waals surface area contributed by atoms with Crippen molar-refractivity contribution in [1.82, 2.24) is 4.72 Å². The van der Waals surface area contributed by atoms with Gasteiger partial charge in [0.1, 0.15) is 11.3 Å². The Labute approximate surface area is 117 Å². The summed E-state index contributed by atoms with van der Waals surface area (Å²) in [6.07, 6.45) is 4.16. The number of aromatic carboxylic acids is 1. The molecule has 0 amide bonds. The van der Waals surface area contributed by atoms with Gasteiger partial charge in [-0.2, -0.15) is 0 Å². The van der Waals surface area contributed by atoms with Crippen LogP contribution in [0, 0.1) is 6.92 Å². The van der Waals surface area contributed by atoms with Gasteiger partial charge in [-0.3, -0.25) is 0 Å². The number of benzene rings is 1. The zero-order valence-corrected chi connectivity index (χ0v) is 12.1. The molecule has 6 nitrogen and oxygen atoms in total. The van der Waals surface area contributed by atoms with E-state index in [2.05, 4.69) is 4.72 Å². The molecule has 20 heavy (non-hydrogen) atoms. The van der Waals surface area contributed by atoms with Crippen LogP contribution in [-0.4, -0.2) is 31.1 Å². The highest BCUT2D eigenvalue weighted by Crippen LogP contribution is 2.25. The van der Waals surface area contributed by atoms with E-state index in [4.69, 9.17) is 5.11 Å². The van der Waals surface area contributed by atoms with Crippen molar-refractivity contribution in [3.8, 4) is 5.75 Å². The molecular weight excluding hydrogens is 282 g/mol. The number of carboxylic acid groups (broad SMARTS) is 1. The van der Waals surface area contributed by atoms with Crippen molar-refractivity contribution in [2.45, 2.75) is 25.2 Å². The Bertz CT molecular complexity index is 634. The summed E-state index contributed by atoms with van der Waals surface area (Å²) in [5, 5.41) is 18.4. The topological polar surface area (TPSA) is 104 Å². The van der Waals surface area contributed by atoms with Crippen molar-refractivity contribution in [1.29, 1.82) is 0 Å². The van der Waals surface area contributed by atoms with Gasteiger partial charge in [-0.05, 0) is 38.0 Å². The van der Waals surface area contributed by atoms with Gasteiger partial charge < -0.3 is 10.2 Å². The summed E-state index contributed by atoms with van der Waals surface area (Å²) in [5.41, 5.74) is -0.157. The van der Waals surface area contributed by atoms with Crippen molar-refractivity contribution in [3.63, 3.8) is 0 Å². The van der Waals surface area contributed by atoms with E-state index in [0.717, 1.165) is 12.1 Å². The number of aryl methyl sites for hydroxylation is 1. The maximum atomic E-state index is 12.1. The van der Waals surface area contributed by atoms with E-state index in [1.807, 2.05) is 19.1 Å². The zero-order chi connectivity index (χ0) is 15.3. The minimum Gasteiger partial charge on any atom is -0.507 e. The lowest BCUT2D eigenvalue weighted by molar-refractivity contribution is 0.0693. The summed E-state index contributed by atoms with van der Waals surface area (Å²) in [4.78, 5) is 10.8. The van der Waals surface area contributed by atoms with Crippen molar-refractivity contribution in [3.05, 3.63) is 35.4 Å². The average molecular weight is 299 g/mol. The van der Waals surface area contributed by atoms with Crippen molar-refractivity contribution in [2.24, 2.45) is 0 Å². The molecule has 110 valence electrons. The molecule has 0 heterocycles. The van der Waals surface area contributed by atoms with Crippen molar-refractivity contribution < 1.29 is 23.4 Å². The first kappa shape index (κ1) is 16.2. The Hall–Kier alpha value is -1.86. The first-order valence-electron chi connectivity index (χ1n) is 5.97. The number of rotatable bonds is 6. The molecule has 0 saturated heterocycles. The molecule has 0 bridgehead atoms. The van der Waals surface area contributed by atoms with E-state index in [1.165, 1.54) is 6.92 Å². The Morgan fingerprint density at radius 3 is 2.60 bits per heavy atom. The fraction of sp³-hybridized carbons (Fsp3) is 0.308. The van der Waals surface area contributed by atoms with Crippen LogP contribution in [0.25, 0.3) is 0 Å². The summed E-state index contributed by atoms with van der Waals surface area (Å²) in [6.45, 7) is 3.54. The van der Waals surface area contributed by atoms with Crippen LogP contribution in [0.1, 0.15) is 29.3 Å². The Kier molecular flexibility index (Phi) is 5.29. The highest BCUT2D eigenvalue weighted by Gasteiger charge is 2.21. The fourth-order valence-electron chi connectivity index (χ4n) is 1.65. The van der Waals surface area contributed by atoms with Gasteiger partial charge in [-0.15, -0.1) is 0 Å². The summed E-state index contributed by atoms with van der Waals surface area (Å²) in [6, 6.07) is 2.09. The van der Waals surface area contributed by atoms with Crippen LogP contribution in [0.2, 0.25) is 0 Å². The molecule has 0 atom stereocenters. The molecule has 1 aromatic rings. The summed E-state index contributed by atoms with van der Waals surface area (Å²) in [5.74, 6) is -1.84. The molecule has 1 aromatic carbocycles. The fourth-order valence-corrected chi connectivity index (χ4v) is 2.95. The molecule has 0 fully saturated rings. The van der Waals surface area contributed by atoms with Gasteiger partial charge >= 0.3 is 5.97 Å². The van der Waals surface area contributed by atoms with Gasteiger partial charge in [0.25, 0.3) is 0 Å². The van der Waals surface area contributed by atoms with Crippen LogP contribution in [0.15, 0.2) is 29.2 Å². The quantitative estimate of drug-likeness (QED) is 0.547. The van der Waals surface area contributed by atoms with E-state index in [9.17, 15) is 18.3 Å². The number of carbonyl (C=O) groups is 1. The van der Waals surface area contributed by atoms with Crippen LogP contribution >= 0.6 is 0 Å². The molecular formula is C13H17NO5S. The molecule has 1 rings (SSSR count).